The zero-order chi connectivity index (χ0) is 16.3. The van der Waals surface area contributed by atoms with Gasteiger partial charge < -0.3 is 9.47 Å². The monoisotopic (exact) mass is 300 g/mol. The number of carbonyl (C=O) groups is 2. The maximum Gasteiger partial charge on any atom is 0.308 e. The standard InChI is InChI=1S/C17H32O4/c1-6-8-10-12-14(18)20-16(17(3,4)5)21-15(19)13-11-9-7-2/h16H,6-13H2,1-5H3. The first-order chi connectivity index (χ1) is 9.81. The highest BCUT2D eigenvalue weighted by Crippen LogP contribution is 2.25. The van der Waals surface area contributed by atoms with Crippen molar-refractivity contribution in [1.29, 1.82) is 0 Å². The predicted molar refractivity (Wildman–Crippen MR) is 83.7 cm³/mol. The van der Waals surface area contributed by atoms with E-state index in [1.807, 2.05) is 20.8 Å². The maximum atomic E-state index is 11.8. The second-order valence-electron chi connectivity index (χ2n) is 6.59. The van der Waals surface area contributed by atoms with E-state index >= 15 is 0 Å². The summed E-state index contributed by atoms with van der Waals surface area (Å²) in [4.78, 5) is 23.6. The second kappa shape index (κ2) is 10.6. The summed E-state index contributed by atoms with van der Waals surface area (Å²) in [5.74, 6) is -0.575. The van der Waals surface area contributed by atoms with Gasteiger partial charge >= 0.3 is 11.9 Å². The van der Waals surface area contributed by atoms with Gasteiger partial charge in [0.15, 0.2) is 0 Å². The molecule has 0 unspecified atom stereocenters. The Morgan fingerprint density at radius 1 is 0.810 bits per heavy atom. The van der Waals surface area contributed by atoms with Gasteiger partial charge in [-0.05, 0) is 12.8 Å². The summed E-state index contributed by atoms with van der Waals surface area (Å²) in [5.41, 5.74) is -0.416. The highest BCUT2D eigenvalue weighted by molar-refractivity contribution is 5.71. The maximum absolute atomic E-state index is 11.8. The first-order valence-electron chi connectivity index (χ1n) is 8.20. The molecule has 0 rings (SSSR count). The lowest BCUT2D eigenvalue weighted by Crippen LogP contribution is -2.36. The van der Waals surface area contributed by atoms with Gasteiger partial charge in [-0.15, -0.1) is 0 Å². The molecule has 0 radical (unpaired) electrons. The molecule has 0 atom stereocenters. The molecule has 21 heavy (non-hydrogen) atoms. The molecule has 124 valence electrons. The van der Waals surface area contributed by atoms with Gasteiger partial charge in [-0.25, -0.2) is 0 Å². The van der Waals surface area contributed by atoms with Crippen molar-refractivity contribution >= 4 is 11.9 Å². The summed E-state index contributed by atoms with van der Waals surface area (Å²) in [6.07, 6.45) is 5.72. The van der Waals surface area contributed by atoms with Gasteiger partial charge in [0.25, 0.3) is 6.29 Å². The van der Waals surface area contributed by atoms with E-state index in [-0.39, 0.29) is 11.9 Å². The van der Waals surface area contributed by atoms with Crippen molar-refractivity contribution in [2.75, 3.05) is 0 Å². The summed E-state index contributed by atoms with van der Waals surface area (Å²) in [6.45, 7) is 9.87. The van der Waals surface area contributed by atoms with Crippen molar-refractivity contribution < 1.29 is 19.1 Å². The predicted octanol–water partition coefficient (Wildman–Crippen LogP) is 4.61. The average molecular weight is 300 g/mol. The quantitative estimate of drug-likeness (QED) is 0.336. The minimum absolute atomic E-state index is 0.287. The van der Waals surface area contributed by atoms with Gasteiger partial charge in [-0.1, -0.05) is 60.3 Å². The molecule has 4 nitrogen and oxygen atoms in total. The Balaban J connectivity index is 4.33. The summed E-state index contributed by atoms with van der Waals surface area (Å²) in [5, 5.41) is 0. The Morgan fingerprint density at radius 3 is 1.48 bits per heavy atom. The van der Waals surface area contributed by atoms with Crippen LogP contribution in [0, 0.1) is 5.41 Å². The molecule has 0 heterocycles. The van der Waals surface area contributed by atoms with Crippen molar-refractivity contribution in [2.45, 2.75) is 92.3 Å². The van der Waals surface area contributed by atoms with E-state index in [4.69, 9.17) is 9.47 Å². The van der Waals surface area contributed by atoms with Crippen LogP contribution < -0.4 is 0 Å². The fraction of sp³-hybridized carbons (Fsp3) is 0.882. The fourth-order valence-electron chi connectivity index (χ4n) is 1.77. The highest BCUT2D eigenvalue weighted by atomic mass is 16.7. The summed E-state index contributed by atoms with van der Waals surface area (Å²) < 4.78 is 10.7. The number of ether oxygens (including phenoxy) is 2. The zero-order valence-corrected chi connectivity index (χ0v) is 14.4. The Hall–Kier alpha value is -1.06. The minimum Gasteiger partial charge on any atom is -0.425 e. The Labute approximate surface area is 129 Å². The Kier molecular flexibility index (Phi) is 10.1. The zero-order valence-electron chi connectivity index (χ0n) is 14.4. The molecule has 0 saturated carbocycles. The second-order valence-corrected chi connectivity index (χ2v) is 6.59. The van der Waals surface area contributed by atoms with Crippen LogP contribution >= 0.6 is 0 Å². The average Bonchev–Trinajstić information content (AvgIpc) is 2.37. The van der Waals surface area contributed by atoms with Crippen molar-refractivity contribution in [1.82, 2.24) is 0 Å². The largest absolute Gasteiger partial charge is 0.425 e. The van der Waals surface area contributed by atoms with Gasteiger partial charge in [0.05, 0.1) is 0 Å². The van der Waals surface area contributed by atoms with Crippen LogP contribution in [-0.2, 0) is 19.1 Å². The van der Waals surface area contributed by atoms with Crippen LogP contribution in [0.3, 0.4) is 0 Å². The molecular formula is C17H32O4. The van der Waals surface area contributed by atoms with Crippen LogP contribution in [0.2, 0.25) is 0 Å². The van der Waals surface area contributed by atoms with Gasteiger partial charge in [0.2, 0.25) is 0 Å². The van der Waals surface area contributed by atoms with E-state index in [0.717, 1.165) is 38.5 Å². The van der Waals surface area contributed by atoms with Crippen molar-refractivity contribution in [3.63, 3.8) is 0 Å². The molecule has 0 aliphatic carbocycles. The third-order valence-electron chi connectivity index (χ3n) is 3.15. The SMILES string of the molecule is CCCCCC(=O)OC(OC(=O)CCCCC)C(C)(C)C. The summed E-state index contributed by atoms with van der Waals surface area (Å²) >= 11 is 0. The molecular weight excluding hydrogens is 268 g/mol. The molecule has 0 saturated heterocycles. The van der Waals surface area contributed by atoms with Crippen molar-refractivity contribution in [3.8, 4) is 0 Å². The Bertz CT molecular complexity index is 280. The normalized spacial score (nSPS) is 11.5. The summed E-state index contributed by atoms with van der Waals surface area (Å²) in [7, 11) is 0. The molecule has 0 aliphatic heterocycles. The molecule has 0 bridgehead atoms. The lowest BCUT2D eigenvalue weighted by Gasteiger charge is -2.29. The van der Waals surface area contributed by atoms with E-state index < -0.39 is 11.7 Å². The first kappa shape index (κ1) is 19.9. The van der Waals surface area contributed by atoms with E-state index in [1.54, 1.807) is 0 Å². The summed E-state index contributed by atoms with van der Waals surface area (Å²) in [6, 6.07) is 0. The molecule has 0 aliphatic rings. The fourth-order valence-corrected chi connectivity index (χ4v) is 1.77. The lowest BCUT2D eigenvalue weighted by atomic mass is 9.96. The number of unbranched alkanes of at least 4 members (excludes halogenated alkanes) is 4. The third kappa shape index (κ3) is 10.3. The molecule has 0 aromatic heterocycles. The molecule has 0 amide bonds. The molecule has 0 aromatic rings. The van der Waals surface area contributed by atoms with Crippen LogP contribution in [0.25, 0.3) is 0 Å². The van der Waals surface area contributed by atoms with Crippen LogP contribution in [0.15, 0.2) is 0 Å². The van der Waals surface area contributed by atoms with Crippen LogP contribution in [0.4, 0.5) is 0 Å². The molecule has 0 spiro atoms. The smallest absolute Gasteiger partial charge is 0.308 e. The number of hydrogen-bond acceptors (Lipinski definition) is 4. The van der Waals surface area contributed by atoms with Crippen LogP contribution in [0.1, 0.15) is 86.0 Å². The number of carbonyl (C=O) groups excluding carboxylic acids is 2. The van der Waals surface area contributed by atoms with E-state index in [9.17, 15) is 9.59 Å². The molecule has 4 heteroatoms. The minimum atomic E-state index is -0.805. The number of rotatable bonds is 10. The van der Waals surface area contributed by atoms with Crippen LogP contribution in [0.5, 0.6) is 0 Å². The number of hydrogen-bond donors (Lipinski definition) is 0. The van der Waals surface area contributed by atoms with E-state index in [1.165, 1.54) is 0 Å². The van der Waals surface area contributed by atoms with Gasteiger partial charge in [0.1, 0.15) is 0 Å². The van der Waals surface area contributed by atoms with Gasteiger partial charge in [-0.3, -0.25) is 9.59 Å². The lowest BCUT2D eigenvalue weighted by molar-refractivity contribution is -0.207. The van der Waals surface area contributed by atoms with Crippen molar-refractivity contribution in [2.24, 2.45) is 5.41 Å². The first-order valence-corrected chi connectivity index (χ1v) is 8.20. The highest BCUT2D eigenvalue weighted by Gasteiger charge is 2.31. The van der Waals surface area contributed by atoms with E-state index in [0.29, 0.717) is 12.8 Å². The van der Waals surface area contributed by atoms with Gasteiger partial charge in [-0.2, -0.15) is 0 Å². The third-order valence-corrected chi connectivity index (χ3v) is 3.15. The molecule has 0 fully saturated rings. The molecule has 0 aromatic carbocycles. The van der Waals surface area contributed by atoms with Crippen LogP contribution in [-0.4, -0.2) is 18.2 Å². The van der Waals surface area contributed by atoms with Gasteiger partial charge in [0, 0.05) is 18.3 Å². The molecule has 0 N–H and O–H groups in total. The van der Waals surface area contributed by atoms with Crippen molar-refractivity contribution in [3.05, 3.63) is 0 Å². The topological polar surface area (TPSA) is 52.6 Å². The Morgan fingerprint density at radius 2 is 1.19 bits per heavy atom. The number of esters is 2. The van der Waals surface area contributed by atoms with E-state index in [2.05, 4.69) is 13.8 Å².